The van der Waals surface area contributed by atoms with E-state index in [-0.39, 0.29) is 6.61 Å². The molecule has 0 amide bonds. The van der Waals surface area contributed by atoms with Gasteiger partial charge in [-0.3, -0.25) is 0 Å². The maximum Gasteiger partial charge on any atom is 0.186 e. The van der Waals surface area contributed by atoms with Crippen molar-refractivity contribution in [1.82, 2.24) is 0 Å². The summed E-state index contributed by atoms with van der Waals surface area (Å²) in [6, 6.07) is 0. The number of ether oxygens (including phenoxy) is 2. The Kier molecular flexibility index (Phi) is 6.20. The number of rotatable bonds is 5. The van der Waals surface area contributed by atoms with Crippen LogP contribution in [0.5, 0.6) is 0 Å². The second-order valence-corrected chi connectivity index (χ2v) is 4.43. The molecule has 1 saturated heterocycles. The molecule has 1 aliphatic heterocycles. The fourth-order valence-electron chi connectivity index (χ4n) is 1.77. The van der Waals surface area contributed by atoms with Gasteiger partial charge in [-0.15, -0.1) is 0 Å². The number of aliphatic hydroxyl groups excluding tert-OH is 4. The van der Waals surface area contributed by atoms with Gasteiger partial charge in [0.05, 0.1) is 18.8 Å². The molecule has 1 heterocycles. The van der Waals surface area contributed by atoms with Crippen LogP contribution < -0.4 is 0 Å². The highest BCUT2D eigenvalue weighted by Crippen LogP contribution is 2.21. The Morgan fingerprint density at radius 2 is 1.89 bits per heavy atom. The van der Waals surface area contributed by atoms with Crippen LogP contribution in [-0.4, -0.2) is 63.8 Å². The molecule has 106 valence electrons. The van der Waals surface area contributed by atoms with Gasteiger partial charge in [-0.2, -0.15) is 0 Å². The highest BCUT2D eigenvalue weighted by atomic mass is 16.7. The smallest absolute Gasteiger partial charge is 0.186 e. The van der Waals surface area contributed by atoms with E-state index in [1.807, 2.05) is 0 Å². The van der Waals surface area contributed by atoms with Crippen molar-refractivity contribution in [3.63, 3.8) is 0 Å². The minimum absolute atomic E-state index is 0.183. The third-order valence-corrected chi connectivity index (χ3v) is 2.92. The molecule has 6 nitrogen and oxygen atoms in total. The summed E-state index contributed by atoms with van der Waals surface area (Å²) in [5, 5.41) is 38.1. The number of hydrogen-bond acceptors (Lipinski definition) is 6. The Morgan fingerprint density at radius 1 is 1.22 bits per heavy atom. The lowest BCUT2D eigenvalue weighted by Crippen LogP contribution is -2.57. The minimum atomic E-state index is -1.30. The molecule has 0 bridgehead atoms. The van der Waals surface area contributed by atoms with Crippen LogP contribution in [0.15, 0.2) is 12.2 Å². The van der Waals surface area contributed by atoms with Crippen LogP contribution in [0.1, 0.15) is 20.3 Å². The Morgan fingerprint density at radius 3 is 2.50 bits per heavy atom. The van der Waals surface area contributed by atoms with Gasteiger partial charge in [0.2, 0.25) is 0 Å². The van der Waals surface area contributed by atoms with Gasteiger partial charge in [0, 0.05) is 6.42 Å². The van der Waals surface area contributed by atoms with Gasteiger partial charge in [0.15, 0.2) is 6.29 Å². The van der Waals surface area contributed by atoms with Crippen molar-refractivity contribution in [2.75, 3.05) is 6.61 Å². The number of aliphatic hydroxyl groups is 4. The van der Waals surface area contributed by atoms with Gasteiger partial charge in [0.25, 0.3) is 0 Å². The quantitative estimate of drug-likeness (QED) is 0.482. The molecule has 0 saturated carbocycles. The second-order valence-electron chi connectivity index (χ2n) is 4.43. The minimum Gasteiger partial charge on any atom is -0.389 e. The summed E-state index contributed by atoms with van der Waals surface area (Å²) in [5.41, 5.74) is 0. The lowest BCUT2D eigenvalue weighted by molar-refractivity contribution is -0.293. The van der Waals surface area contributed by atoms with Crippen molar-refractivity contribution in [3.8, 4) is 0 Å². The summed E-state index contributed by atoms with van der Waals surface area (Å²) in [7, 11) is 0. The topological polar surface area (TPSA) is 99.4 Å². The van der Waals surface area contributed by atoms with Crippen LogP contribution in [0.4, 0.5) is 0 Å². The first kappa shape index (κ1) is 15.6. The van der Waals surface area contributed by atoms with E-state index in [4.69, 9.17) is 9.47 Å². The van der Waals surface area contributed by atoms with E-state index in [2.05, 4.69) is 0 Å². The van der Waals surface area contributed by atoms with Gasteiger partial charge in [-0.05, 0) is 13.8 Å². The first-order valence-corrected chi connectivity index (χ1v) is 6.09. The zero-order valence-electron chi connectivity index (χ0n) is 10.6. The first-order valence-electron chi connectivity index (χ1n) is 6.09. The monoisotopic (exact) mass is 262 g/mol. The Bertz CT molecular complexity index is 269. The van der Waals surface area contributed by atoms with Crippen LogP contribution in [0.2, 0.25) is 0 Å². The summed E-state index contributed by atoms with van der Waals surface area (Å²) in [6.45, 7) is 3.57. The van der Waals surface area contributed by atoms with Gasteiger partial charge < -0.3 is 29.9 Å². The lowest BCUT2D eigenvalue weighted by Gasteiger charge is -2.38. The van der Waals surface area contributed by atoms with E-state index in [1.54, 1.807) is 26.0 Å². The molecule has 18 heavy (non-hydrogen) atoms. The van der Waals surface area contributed by atoms with Crippen LogP contribution >= 0.6 is 0 Å². The molecule has 4 N–H and O–H groups in total. The molecule has 0 aromatic carbocycles. The molecule has 6 atom stereocenters. The van der Waals surface area contributed by atoms with Gasteiger partial charge in [-0.1, -0.05) is 12.2 Å². The summed E-state index contributed by atoms with van der Waals surface area (Å²) >= 11 is 0. The third-order valence-electron chi connectivity index (χ3n) is 2.92. The van der Waals surface area contributed by atoms with Crippen molar-refractivity contribution < 1.29 is 29.9 Å². The number of allylic oxidation sites excluding steroid dienone is 1. The van der Waals surface area contributed by atoms with Crippen molar-refractivity contribution in [1.29, 1.82) is 0 Å². The average molecular weight is 262 g/mol. The number of hydrogen-bond donors (Lipinski definition) is 4. The Labute approximate surface area is 106 Å². The largest absolute Gasteiger partial charge is 0.389 e. The molecule has 0 aromatic rings. The SMILES string of the molecule is C/C=C\C(O)CCOC1OC(C)C(O)C(O)C1O. The molecule has 1 fully saturated rings. The summed E-state index contributed by atoms with van der Waals surface area (Å²) < 4.78 is 10.5. The molecule has 0 aliphatic carbocycles. The van der Waals surface area contributed by atoms with E-state index >= 15 is 0 Å². The highest BCUT2D eigenvalue weighted by Gasteiger charge is 2.42. The van der Waals surface area contributed by atoms with E-state index in [0.29, 0.717) is 6.42 Å². The van der Waals surface area contributed by atoms with Crippen molar-refractivity contribution in [2.45, 2.75) is 57.1 Å². The van der Waals surface area contributed by atoms with Crippen LogP contribution in [-0.2, 0) is 9.47 Å². The van der Waals surface area contributed by atoms with E-state index in [9.17, 15) is 20.4 Å². The average Bonchev–Trinajstić information content (AvgIpc) is 2.33. The fraction of sp³-hybridized carbons (Fsp3) is 0.833. The van der Waals surface area contributed by atoms with Gasteiger partial charge in [-0.25, -0.2) is 0 Å². The van der Waals surface area contributed by atoms with Crippen molar-refractivity contribution in [2.24, 2.45) is 0 Å². The Balaban J connectivity index is 2.38. The zero-order chi connectivity index (χ0) is 13.7. The molecule has 0 radical (unpaired) electrons. The first-order chi connectivity index (χ1) is 8.47. The molecule has 6 heteroatoms. The molecule has 0 spiro atoms. The molecule has 1 rings (SSSR count). The standard InChI is InChI=1S/C12H22O6/c1-3-4-8(13)5-6-17-12-11(16)10(15)9(14)7(2)18-12/h3-4,7-16H,5-6H2,1-2H3/b4-3-. The second kappa shape index (κ2) is 7.18. The van der Waals surface area contributed by atoms with Crippen molar-refractivity contribution >= 4 is 0 Å². The van der Waals surface area contributed by atoms with Gasteiger partial charge >= 0.3 is 0 Å². The predicted molar refractivity (Wildman–Crippen MR) is 63.7 cm³/mol. The van der Waals surface area contributed by atoms with E-state index < -0.39 is 36.8 Å². The highest BCUT2D eigenvalue weighted by molar-refractivity contribution is 4.88. The van der Waals surface area contributed by atoms with Crippen molar-refractivity contribution in [3.05, 3.63) is 12.2 Å². The molecular formula is C12H22O6. The lowest BCUT2D eigenvalue weighted by atomic mass is 10.0. The predicted octanol–water partition coefficient (Wildman–Crippen LogP) is -0.842. The van der Waals surface area contributed by atoms with Crippen LogP contribution in [0, 0.1) is 0 Å². The normalized spacial score (nSPS) is 39.1. The third kappa shape index (κ3) is 4.01. The van der Waals surface area contributed by atoms with E-state index in [0.717, 1.165) is 0 Å². The molecule has 0 aromatic heterocycles. The van der Waals surface area contributed by atoms with E-state index in [1.165, 1.54) is 0 Å². The van der Waals surface area contributed by atoms with Crippen LogP contribution in [0.25, 0.3) is 0 Å². The van der Waals surface area contributed by atoms with Crippen LogP contribution in [0.3, 0.4) is 0 Å². The Hall–Kier alpha value is -0.500. The maximum atomic E-state index is 9.66. The zero-order valence-corrected chi connectivity index (χ0v) is 10.6. The summed E-state index contributed by atoms with van der Waals surface area (Å²) in [5.74, 6) is 0. The molecule has 1 aliphatic rings. The summed E-state index contributed by atoms with van der Waals surface area (Å²) in [6.07, 6.45) is -2.21. The maximum absolute atomic E-state index is 9.66. The van der Waals surface area contributed by atoms with Gasteiger partial charge in [0.1, 0.15) is 18.3 Å². The molecule has 6 unspecified atom stereocenters. The fourth-order valence-corrected chi connectivity index (χ4v) is 1.77. The summed E-state index contributed by atoms with van der Waals surface area (Å²) in [4.78, 5) is 0. The molecular weight excluding hydrogens is 240 g/mol.